The number of anilines is 1. The lowest BCUT2D eigenvalue weighted by Gasteiger charge is -2.21. The molecule has 0 saturated heterocycles. The molecule has 0 spiro atoms. The molecule has 4 heteroatoms. The van der Waals surface area contributed by atoms with Crippen molar-refractivity contribution >= 4 is 11.6 Å². The van der Waals surface area contributed by atoms with Crippen LogP contribution in [-0.2, 0) is 17.6 Å². The van der Waals surface area contributed by atoms with Crippen molar-refractivity contribution in [3.05, 3.63) is 95.3 Å². The Labute approximate surface area is 153 Å². The molecule has 0 fully saturated rings. The quantitative estimate of drug-likeness (QED) is 0.762. The van der Waals surface area contributed by atoms with E-state index in [1.807, 2.05) is 6.07 Å². The lowest BCUT2D eigenvalue weighted by Crippen LogP contribution is -2.32. The van der Waals surface area contributed by atoms with Crippen LogP contribution < -0.4 is 10.6 Å². The third kappa shape index (κ3) is 3.51. The topological polar surface area (TPSA) is 54.0 Å². The number of fused-ring (bicyclic) bond motifs is 2. The first-order chi connectivity index (χ1) is 12.8. The first-order valence-corrected chi connectivity index (χ1v) is 8.90. The molecular formula is C22H21N3O. The Hall–Kier alpha value is -2.98. The summed E-state index contributed by atoms with van der Waals surface area (Å²) < 4.78 is 0. The Balaban J connectivity index is 1.56. The number of hydrogen-bond donors (Lipinski definition) is 2. The van der Waals surface area contributed by atoms with E-state index < -0.39 is 0 Å². The molecule has 2 aromatic carbocycles. The highest BCUT2D eigenvalue weighted by atomic mass is 16.1. The maximum Gasteiger partial charge on any atom is 0.238 e. The minimum Gasteiger partial charge on any atom is -0.324 e. The third-order valence-corrected chi connectivity index (χ3v) is 4.81. The summed E-state index contributed by atoms with van der Waals surface area (Å²) in [5.74, 6) is -0.0720. The van der Waals surface area contributed by atoms with Gasteiger partial charge in [0, 0.05) is 6.20 Å². The van der Waals surface area contributed by atoms with Crippen LogP contribution in [0.25, 0.3) is 0 Å². The van der Waals surface area contributed by atoms with Gasteiger partial charge in [-0.3, -0.25) is 15.1 Å². The fraction of sp³-hybridized carbons (Fsp3) is 0.182. The van der Waals surface area contributed by atoms with Crippen LogP contribution in [0.5, 0.6) is 0 Å². The summed E-state index contributed by atoms with van der Waals surface area (Å²) in [4.78, 5) is 16.4. The summed E-state index contributed by atoms with van der Waals surface area (Å²) in [6.45, 7) is 0.238. The van der Waals surface area contributed by atoms with Crippen molar-refractivity contribution in [2.24, 2.45) is 0 Å². The van der Waals surface area contributed by atoms with E-state index >= 15 is 0 Å². The van der Waals surface area contributed by atoms with Crippen LogP contribution in [0.15, 0.2) is 73.1 Å². The molecule has 1 amide bonds. The smallest absolute Gasteiger partial charge is 0.238 e. The largest absolute Gasteiger partial charge is 0.324 e. The zero-order valence-electron chi connectivity index (χ0n) is 14.5. The Bertz CT molecular complexity index is 861. The average Bonchev–Trinajstić information content (AvgIpc) is 2.84. The fourth-order valence-electron chi connectivity index (χ4n) is 3.58. The maximum absolute atomic E-state index is 12.4. The van der Waals surface area contributed by atoms with Crippen molar-refractivity contribution in [2.75, 3.05) is 11.9 Å². The van der Waals surface area contributed by atoms with Crippen molar-refractivity contribution in [1.29, 1.82) is 0 Å². The van der Waals surface area contributed by atoms with E-state index in [1.54, 1.807) is 18.5 Å². The second kappa shape index (κ2) is 7.50. The molecule has 0 aliphatic heterocycles. The number of carbonyl (C=O) groups is 1. The van der Waals surface area contributed by atoms with Crippen LogP contribution in [0.2, 0.25) is 0 Å². The second-order valence-electron chi connectivity index (χ2n) is 6.50. The maximum atomic E-state index is 12.4. The highest BCUT2D eigenvalue weighted by Gasteiger charge is 2.23. The van der Waals surface area contributed by atoms with Crippen LogP contribution in [0.3, 0.4) is 0 Å². The number of aromatic nitrogens is 1. The number of aryl methyl sites for hydroxylation is 2. The number of carbonyl (C=O) groups excluding carboxylic acids is 1. The summed E-state index contributed by atoms with van der Waals surface area (Å²) in [5.41, 5.74) is 5.90. The normalized spacial score (nSPS) is 13.4. The molecular weight excluding hydrogens is 322 g/mol. The van der Waals surface area contributed by atoms with Crippen molar-refractivity contribution in [2.45, 2.75) is 18.9 Å². The molecule has 3 aromatic rings. The molecule has 130 valence electrons. The highest BCUT2D eigenvalue weighted by Crippen LogP contribution is 2.32. The summed E-state index contributed by atoms with van der Waals surface area (Å²) >= 11 is 0. The Kier molecular flexibility index (Phi) is 4.75. The SMILES string of the molecule is O=C(CNC1c2ccccc2CCc2ccccc21)Nc1cccnc1. The van der Waals surface area contributed by atoms with Crippen molar-refractivity contribution in [1.82, 2.24) is 10.3 Å². The van der Waals surface area contributed by atoms with Crippen LogP contribution in [-0.4, -0.2) is 17.4 Å². The van der Waals surface area contributed by atoms with E-state index in [9.17, 15) is 4.79 Å². The van der Waals surface area contributed by atoms with Gasteiger partial charge in [-0.25, -0.2) is 0 Å². The molecule has 1 aliphatic carbocycles. The minimum atomic E-state index is -0.0720. The first kappa shape index (κ1) is 16.5. The number of amides is 1. The molecule has 4 nitrogen and oxygen atoms in total. The van der Waals surface area contributed by atoms with Crippen LogP contribution >= 0.6 is 0 Å². The first-order valence-electron chi connectivity index (χ1n) is 8.90. The summed E-state index contributed by atoms with van der Waals surface area (Å²) in [6, 6.07) is 20.7. The van der Waals surface area contributed by atoms with Crippen molar-refractivity contribution < 1.29 is 4.79 Å². The van der Waals surface area contributed by atoms with Gasteiger partial charge in [0.15, 0.2) is 0 Å². The Morgan fingerprint density at radius 3 is 2.19 bits per heavy atom. The number of nitrogens with one attached hydrogen (secondary N) is 2. The predicted molar refractivity (Wildman–Crippen MR) is 103 cm³/mol. The summed E-state index contributed by atoms with van der Waals surface area (Å²) in [7, 11) is 0. The lowest BCUT2D eigenvalue weighted by atomic mass is 9.94. The number of benzene rings is 2. The third-order valence-electron chi connectivity index (χ3n) is 4.81. The van der Waals surface area contributed by atoms with E-state index in [-0.39, 0.29) is 18.5 Å². The van der Waals surface area contributed by atoms with Gasteiger partial charge in [0.2, 0.25) is 5.91 Å². The zero-order chi connectivity index (χ0) is 17.8. The molecule has 4 rings (SSSR count). The van der Waals surface area contributed by atoms with Crippen LogP contribution in [0, 0.1) is 0 Å². The Morgan fingerprint density at radius 2 is 1.58 bits per heavy atom. The second-order valence-corrected chi connectivity index (χ2v) is 6.50. The van der Waals surface area contributed by atoms with E-state index in [0.717, 1.165) is 12.8 Å². The standard InChI is InChI=1S/C22H21N3O/c26-21(25-18-8-5-13-23-14-18)15-24-22-19-9-3-1-6-16(19)11-12-17-7-2-4-10-20(17)22/h1-10,13-14,22,24H,11-12,15H2,(H,25,26). The highest BCUT2D eigenvalue weighted by molar-refractivity contribution is 5.92. The van der Waals surface area contributed by atoms with Gasteiger partial charge in [-0.15, -0.1) is 0 Å². The average molecular weight is 343 g/mol. The predicted octanol–water partition coefficient (Wildman–Crippen LogP) is 3.50. The van der Waals surface area contributed by atoms with Gasteiger partial charge in [-0.05, 0) is 47.2 Å². The molecule has 1 heterocycles. The van der Waals surface area contributed by atoms with Crippen molar-refractivity contribution in [3.8, 4) is 0 Å². The van der Waals surface area contributed by atoms with E-state index in [1.165, 1.54) is 22.3 Å². The van der Waals surface area contributed by atoms with Crippen LogP contribution in [0.4, 0.5) is 5.69 Å². The molecule has 0 radical (unpaired) electrons. The summed E-state index contributed by atoms with van der Waals surface area (Å²) in [5, 5.41) is 6.34. The monoisotopic (exact) mass is 343 g/mol. The van der Waals surface area contributed by atoms with Gasteiger partial charge in [0.25, 0.3) is 0 Å². The number of hydrogen-bond acceptors (Lipinski definition) is 3. The lowest BCUT2D eigenvalue weighted by molar-refractivity contribution is -0.115. The summed E-state index contributed by atoms with van der Waals surface area (Å²) in [6.07, 6.45) is 5.38. The molecule has 0 unspecified atom stereocenters. The Morgan fingerprint density at radius 1 is 0.923 bits per heavy atom. The fourth-order valence-corrected chi connectivity index (χ4v) is 3.58. The molecule has 1 aromatic heterocycles. The molecule has 2 N–H and O–H groups in total. The molecule has 26 heavy (non-hydrogen) atoms. The zero-order valence-corrected chi connectivity index (χ0v) is 14.5. The molecule has 0 saturated carbocycles. The van der Waals surface area contributed by atoms with Gasteiger partial charge in [-0.2, -0.15) is 0 Å². The van der Waals surface area contributed by atoms with Gasteiger partial charge < -0.3 is 5.32 Å². The van der Waals surface area contributed by atoms with Crippen LogP contribution in [0.1, 0.15) is 28.3 Å². The van der Waals surface area contributed by atoms with Gasteiger partial charge >= 0.3 is 0 Å². The van der Waals surface area contributed by atoms with Crippen molar-refractivity contribution in [3.63, 3.8) is 0 Å². The number of rotatable bonds is 4. The van der Waals surface area contributed by atoms with Gasteiger partial charge in [0.05, 0.1) is 24.5 Å². The molecule has 0 atom stereocenters. The number of nitrogens with zero attached hydrogens (tertiary/aromatic N) is 1. The molecule has 0 bridgehead atoms. The van der Waals surface area contributed by atoms with E-state index in [2.05, 4.69) is 64.1 Å². The van der Waals surface area contributed by atoms with E-state index in [0.29, 0.717) is 5.69 Å². The molecule has 1 aliphatic rings. The minimum absolute atomic E-state index is 0.0181. The number of pyridine rings is 1. The van der Waals surface area contributed by atoms with E-state index in [4.69, 9.17) is 0 Å². The van der Waals surface area contributed by atoms with Gasteiger partial charge in [0.1, 0.15) is 0 Å². The van der Waals surface area contributed by atoms with Gasteiger partial charge in [-0.1, -0.05) is 48.5 Å².